The smallest absolute Gasteiger partial charge is 0.138 e. The maximum absolute atomic E-state index is 10.1. The van der Waals surface area contributed by atoms with Gasteiger partial charge in [0.1, 0.15) is 16.9 Å². The fourth-order valence-corrected chi connectivity index (χ4v) is 2.08. The number of hydrogen-bond acceptors (Lipinski definition) is 5. The number of aromatic nitrogens is 2. The topological polar surface area (TPSA) is 55.2 Å². The van der Waals surface area contributed by atoms with Gasteiger partial charge in [-0.05, 0) is 19.9 Å². The van der Waals surface area contributed by atoms with E-state index in [1.165, 1.54) is 11.3 Å². The molecule has 2 aromatic rings. The van der Waals surface area contributed by atoms with E-state index < -0.39 is 6.10 Å². The lowest BCUT2D eigenvalue weighted by molar-refractivity contribution is 0.215. The Morgan fingerprint density at radius 3 is 2.82 bits per heavy atom. The molecule has 2 heterocycles. The van der Waals surface area contributed by atoms with Crippen LogP contribution in [0.5, 0.6) is 5.75 Å². The van der Waals surface area contributed by atoms with Gasteiger partial charge in [-0.15, -0.1) is 11.3 Å². The highest BCUT2D eigenvalue weighted by molar-refractivity contribution is 7.09. The minimum absolute atomic E-state index is 0.0871. The van der Waals surface area contributed by atoms with E-state index in [1.807, 2.05) is 19.2 Å². The Bertz CT molecular complexity index is 471. The van der Waals surface area contributed by atoms with Crippen LogP contribution in [-0.4, -0.2) is 21.2 Å². The first-order valence-electron chi connectivity index (χ1n) is 5.36. The molecule has 0 aliphatic carbocycles. The summed E-state index contributed by atoms with van der Waals surface area (Å²) in [5, 5.41) is 12.6. The van der Waals surface area contributed by atoms with Crippen LogP contribution in [0.25, 0.3) is 0 Å². The molecule has 0 aliphatic rings. The number of ether oxygens (including phenoxy) is 1. The Morgan fingerprint density at radius 1 is 1.35 bits per heavy atom. The van der Waals surface area contributed by atoms with E-state index in [0.717, 1.165) is 0 Å². The Labute approximate surface area is 104 Å². The number of nitrogens with zero attached hydrogens (tertiary/aromatic N) is 2. The van der Waals surface area contributed by atoms with Gasteiger partial charge in [0.05, 0.1) is 12.3 Å². The molecule has 2 aromatic heterocycles. The first-order chi connectivity index (χ1) is 8.16. The molecule has 0 aromatic carbocycles. The minimum Gasteiger partial charge on any atom is -0.489 e. The van der Waals surface area contributed by atoms with Crippen molar-refractivity contribution in [1.29, 1.82) is 0 Å². The van der Waals surface area contributed by atoms with Crippen molar-refractivity contribution >= 4 is 11.3 Å². The molecule has 0 fully saturated rings. The predicted molar refractivity (Wildman–Crippen MR) is 66.2 cm³/mol. The molecule has 0 bridgehead atoms. The number of hydrogen-bond donors (Lipinski definition) is 1. The molecule has 4 nitrogen and oxygen atoms in total. The molecule has 0 radical (unpaired) electrons. The molecule has 0 amide bonds. The van der Waals surface area contributed by atoms with E-state index in [9.17, 15) is 5.11 Å². The average Bonchev–Trinajstić information content (AvgIpc) is 2.81. The van der Waals surface area contributed by atoms with Crippen LogP contribution in [0.4, 0.5) is 0 Å². The summed E-state index contributed by atoms with van der Waals surface area (Å²) in [6, 6.07) is 1.79. The van der Waals surface area contributed by atoms with Crippen molar-refractivity contribution in [2.45, 2.75) is 26.1 Å². The summed E-state index contributed by atoms with van der Waals surface area (Å²) in [5.74, 6) is 0.660. The standard InChI is InChI=1S/C12H14N2O2S/c1-8(2)16-10-5-9(6-13-7-10)11(15)12-14-3-4-17-12/h3-8,11,15H,1-2H3. The maximum Gasteiger partial charge on any atom is 0.138 e. The number of aliphatic hydroxyl groups is 1. The van der Waals surface area contributed by atoms with Gasteiger partial charge in [0.15, 0.2) is 0 Å². The number of rotatable bonds is 4. The number of aliphatic hydroxyl groups excluding tert-OH is 1. The summed E-state index contributed by atoms with van der Waals surface area (Å²) in [4.78, 5) is 8.14. The van der Waals surface area contributed by atoms with E-state index in [-0.39, 0.29) is 6.10 Å². The fraction of sp³-hybridized carbons (Fsp3) is 0.333. The fourth-order valence-electron chi connectivity index (χ4n) is 1.43. The first-order valence-corrected chi connectivity index (χ1v) is 6.24. The first kappa shape index (κ1) is 12.0. The zero-order valence-electron chi connectivity index (χ0n) is 9.70. The van der Waals surface area contributed by atoms with E-state index in [4.69, 9.17) is 4.74 Å². The maximum atomic E-state index is 10.1. The average molecular weight is 250 g/mol. The second-order valence-corrected chi connectivity index (χ2v) is 4.82. The molecule has 0 saturated heterocycles. The third-order valence-electron chi connectivity index (χ3n) is 2.11. The van der Waals surface area contributed by atoms with Gasteiger partial charge in [-0.1, -0.05) is 0 Å². The van der Waals surface area contributed by atoms with Crippen molar-refractivity contribution in [3.63, 3.8) is 0 Å². The Hall–Kier alpha value is -1.46. The van der Waals surface area contributed by atoms with Crippen LogP contribution in [0.1, 0.15) is 30.5 Å². The summed E-state index contributed by atoms with van der Waals surface area (Å²) >= 11 is 1.42. The van der Waals surface area contributed by atoms with Crippen molar-refractivity contribution in [2.75, 3.05) is 0 Å². The van der Waals surface area contributed by atoms with E-state index in [2.05, 4.69) is 9.97 Å². The summed E-state index contributed by atoms with van der Waals surface area (Å²) in [7, 11) is 0. The largest absolute Gasteiger partial charge is 0.489 e. The van der Waals surface area contributed by atoms with Gasteiger partial charge < -0.3 is 9.84 Å². The van der Waals surface area contributed by atoms with Crippen LogP contribution in [0.2, 0.25) is 0 Å². The van der Waals surface area contributed by atoms with Gasteiger partial charge in [-0.25, -0.2) is 4.98 Å². The van der Waals surface area contributed by atoms with E-state index >= 15 is 0 Å². The Kier molecular flexibility index (Phi) is 3.71. The Balaban J connectivity index is 2.21. The lowest BCUT2D eigenvalue weighted by Gasteiger charge is -2.12. The molecule has 0 aliphatic heterocycles. The highest BCUT2D eigenvalue weighted by Crippen LogP contribution is 2.25. The molecule has 0 saturated carbocycles. The van der Waals surface area contributed by atoms with Crippen molar-refractivity contribution in [1.82, 2.24) is 9.97 Å². The molecular formula is C12H14N2O2S. The second-order valence-electron chi connectivity index (χ2n) is 3.89. The number of pyridine rings is 1. The lowest BCUT2D eigenvalue weighted by Crippen LogP contribution is -2.07. The minimum atomic E-state index is -0.738. The highest BCUT2D eigenvalue weighted by atomic mass is 32.1. The summed E-state index contributed by atoms with van der Waals surface area (Å²) in [6.07, 6.45) is 4.28. The van der Waals surface area contributed by atoms with Gasteiger partial charge in [0.2, 0.25) is 0 Å². The van der Waals surface area contributed by atoms with Crippen molar-refractivity contribution < 1.29 is 9.84 Å². The molecular weight excluding hydrogens is 236 g/mol. The molecule has 2 rings (SSSR count). The molecule has 1 unspecified atom stereocenters. The van der Waals surface area contributed by atoms with Crippen molar-refractivity contribution in [2.24, 2.45) is 0 Å². The van der Waals surface area contributed by atoms with Gasteiger partial charge in [0, 0.05) is 23.3 Å². The van der Waals surface area contributed by atoms with E-state index in [0.29, 0.717) is 16.3 Å². The van der Waals surface area contributed by atoms with Crippen LogP contribution in [-0.2, 0) is 0 Å². The van der Waals surface area contributed by atoms with Crippen LogP contribution >= 0.6 is 11.3 Å². The van der Waals surface area contributed by atoms with Crippen molar-refractivity contribution in [3.8, 4) is 5.75 Å². The van der Waals surface area contributed by atoms with Crippen LogP contribution in [0, 0.1) is 0 Å². The van der Waals surface area contributed by atoms with Gasteiger partial charge in [-0.3, -0.25) is 4.98 Å². The predicted octanol–water partition coefficient (Wildman–Crippen LogP) is 2.41. The molecule has 1 N–H and O–H groups in total. The normalized spacial score (nSPS) is 12.7. The third kappa shape index (κ3) is 3.01. The number of thiazole rings is 1. The summed E-state index contributed by atoms with van der Waals surface area (Å²) in [5.41, 5.74) is 0.693. The molecule has 1 atom stereocenters. The molecule has 5 heteroatoms. The third-order valence-corrected chi connectivity index (χ3v) is 2.94. The Morgan fingerprint density at radius 2 is 2.18 bits per heavy atom. The lowest BCUT2D eigenvalue weighted by atomic mass is 10.2. The monoisotopic (exact) mass is 250 g/mol. The van der Waals surface area contributed by atoms with Gasteiger partial charge >= 0.3 is 0 Å². The highest BCUT2D eigenvalue weighted by Gasteiger charge is 2.14. The van der Waals surface area contributed by atoms with Gasteiger partial charge in [-0.2, -0.15) is 0 Å². The summed E-state index contributed by atoms with van der Waals surface area (Å²) in [6.45, 7) is 3.90. The zero-order valence-corrected chi connectivity index (χ0v) is 10.5. The quantitative estimate of drug-likeness (QED) is 0.905. The molecule has 17 heavy (non-hydrogen) atoms. The molecule has 0 spiro atoms. The van der Waals surface area contributed by atoms with Gasteiger partial charge in [0.25, 0.3) is 0 Å². The van der Waals surface area contributed by atoms with E-state index in [1.54, 1.807) is 24.7 Å². The summed E-state index contributed by atoms with van der Waals surface area (Å²) < 4.78 is 5.53. The molecule has 90 valence electrons. The van der Waals surface area contributed by atoms with Crippen LogP contribution in [0.15, 0.2) is 30.0 Å². The van der Waals surface area contributed by atoms with Crippen LogP contribution < -0.4 is 4.74 Å². The SMILES string of the molecule is CC(C)Oc1cncc(C(O)c2nccs2)c1. The zero-order chi connectivity index (χ0) is 12.3. The van der Waals surface area contributed by atoms with Crippen molar-refractivity contribution in [3.05, 3.63) is 40.6 Å². The second kappa shape index (κ2) is 5.25. The van der Waals surface area contributed by atoms with Crippen LogP contribution in [0.3, 0.4) is 0 Å².